The number of halogens is 1. The van der Waals surface area contributed by atoms with Gasteiger partial charge >= 0.3 is 5.69 Å². The Morgan fingerprint density at radius 3 is 2.80 bits per heavy atom. The minimum absolute atomic E-state index is 0.0538. The molecule has 0 saturated carbocycles. The second-order valence-corrected chi connectivity index (χ2v) is 4.88. The first-order chi connectivity index (χ1) is 9.50. The Morgan fingerprint density at radius 2 is 2.15 bits per heavy atom. The number of nitro benzene ring substituents is 1. The third-order valence-electron chi connectivity index (χ3n) is 2.59. The molecule has 104 valence electrons. The summed E-state index contributed by atoms with van der Waals surface area (Å²) in [5.74, 6) is 0.190. The van der Waals surface area contributed by atoms with Crippen molar-refractivity contribution in [2.75, 3.05) is 0 Å². The van der Waals surface area contributed by atoms with Crippen LogP contribution in [-0.4, -0.2) is 15.0 Å². The second kappa shape index (κ2) is 5.98. The zero-order valence-corrected chi connectivity index (χ0v) is 12.1. The Morgan fingerprint density at radius 1 is 1.40 bits per heavy atom. The van der Waals surface area contributed by atoms with Crippen LogP contribution in [0.3, 0.4) is 0 Å². The molecule has 1 atom stereocenters. The standard InChI is InChI=1S/C13H11BrN2O4/c1-8(17)9-4-3-7-15-13(9)20-12-10(14)5-2-6-11(12)16(18)19/h2-8,17H,1H3. The van der Waals surface area contributed by atoms with Gasteiger partial charge in [-0.2, -0.15) is 0 Å². The van der Waals surface area contributed by atoms with Gasteiger partial charge in [-0.1, -0.05) is 6.07 Å². The largest absolute Gasteiger partial charge is 0.430 e. The molecule has 2 rings (SSSR count). The smallest absolute Gasteiger partial charge is 0.312 e. The molecule has 0 amide bonds. The molecular formula is C13H11BrN2O4. The van der Waals surface area contributed by atoms with Gasteiger partial charge in [0.1, 0.15) is 0 Å². The van der Waals surface area contributed by atoms with Crippen LogP contribution in [0, 0.1) is 10.1 Å². The number of pyridine rings is 1. The van der Waals surface area contributed by atoms with Gasteiger partial charge in [0, 0.05) is 17.8 Å². The van der Waals surface area contributed by atoms with Crippen LogP contribution in [0.2, 0.25) is 0 Å². The molecule has 2 aromatic rings. The highest BCUT2D eigenvalue weighted by atomic mass is 79.9. The Hall–Kier alpha value is -1.99. The van der Waals surface area contributed by atoms with Gasteiger partial charge in [0.25, 0.3) is 0 Å². The van der Waals surface area contributed by atoms with Crippen molar-refractivity contribution in [3.63, 3.8) is 0 Å². The Labute approximate surface area is 123 Å². The summed E-state index contributed by atoms with van der Waals surface area (Å²) < 4.78 is 5.97. The van der Waals surface area contributed by atoms with Crippen molar-refractivity contribution in [1.82, 2.24) is 4.98 Å². The van der Waals surface area contributed by atoms with Crippen LogP contribution in [0.5, 0.6) is 11.6 Å². The Kier molecular flexibility index (Phi) is 4.31. The average Bonchev–Trinajstić information content (AvgIpc) is 2.41. The first-order valence-corrected chi connectivity index (χ1v) is 6.53. The highest BCUT2D eigenvalue weighted by molar-refractivity contribution is 9.10. The number of ether oxygens (including phenoxy) is 1. The lowest BCUT2D eigenvalue weighted by Gasteiger charge is -2.12. The summed E-state index contributed by atoms with van der Waals surface area (Å²) in [7, 11) is 0. The van der Waals surface area contributed by atoms with E-state index in [0.29, 0.717) is 10.0 Å². The van der Waals surface area contributed by atoms with E-state index in [9.17, 15) is 15.2 Å². The van der Waals surface area contributed by atoms with E-state index in [0.717, 1.165) is 0 Å². The van der Waals surface area contributed by atoms with Crippen LogP contribution in [0.25, 0.3) is 0 Å². The fraction of sp³-hybridized carbons (Fsp3) is 0.154. The summed E-state index contributed by atoms with van der Waals surface area (Å²) in [4.78, 5) is 14.5. The minimum Gasteiger partial charge on any atom is -0.430 e. The van der Waals surface area contributed by atoms with Crippen molar-refractivity contribution in [1.29, 1.82) is 0 Å². The van der Waals surface area contributed by atoms with Gasteiger partial charge in [-0.3, -0.25) is 10.1 Å². The first kappa shape index (κ1) is 14.4. The fourth-order valence-electron chi connectivity index (χ4n) is 1.65. The molecule has 6 nitrogen and oxygen atoms in total. The van der Waals surface area contributed by atoms with Crippen LogP contribution < -0.4 is 4.74 Å². The summed E-state index contributed by atoms with van der Waals surface area (Å²) in [6.45, 7) is 1.57. The van der Waals surface area contributed by atoms with E-state index < -0.39 is 11.0 Å². The summed E-state index contributed by atoms with van der Waals surface area (Å²) in [6, 6.07) is 7.82. The van der Waals surface area contributed by atoms with Crippen molar-refractivity contribution in [2.45, 2.75) is 13.0 Å². The molecule has 0 aliphatic carbocycles. The lowest BCUT2D eigenvalue weighted by molar-refractivity contribution is -0.385. The van der Waals surface area contributed by atoms with E-state index in [4.69, 9.17) is 4.74 Å². The number of rotatable bonds is 4. The number of aliphatic hydroxyl groups is 1. The lowest BCUT2D eigenvalue weighted by atomic mass is 10.2. The molecule has 7 heteroatoms. The predicted octanol–water partition coefficient (Wildman–Crippen LogP) is 3.60. The molecule has 0 aliphatic rings. The number of nitrogens with zero attached hydrogens (tertiary/aromatic N) is 2. The number of aromatic nitrogens is 1. The maximum absolute atomic E-state index is 11.0. The number of para-hydroxylation sites is 1. The zero-order chi connectivity index (χ0) is 14.7. The quantitative estimate of drug-likeness (QED) is 0.679. The topological polar surface area (TPSA) is 85.5 Å². The van der Waals surface area contributed by atoms with Gasteiger partial charge in [0.2, 0.25) is 11.6 Å². The normalized spacial score (nSPS) is 11.9. The van der Waals surface area contributed by atoms with Gasteiger partial charge < -0.3 is 9.84 Å². The van der Waals surface area contributed by atoms with E-state index in [2.05, 4.69) is 20.9 Å². The minimum atomic E-state index is -0.791. The first-order valence-electron chi connectivity index (χ1n) is 5.74. The second-order valence-electron chi connectivity index (χ2n) is 4.02. The maximum Gasteiger partial charge on any atom is 0.312 e. The highest BCUT2D eigenvalue weighted by Crippen LogP contribution is 2.38. The zero-order valence-electron chi connectivity index (χ0n) is 10.5. The van der Waals surface area contributed by atoms with E-state index in [1.54, 1.807) is 31.2 Å². The number of aliphatic hydroxyl groups excluding tert-OH is 1. The predicted molar refractivity (Wildman–Crippen MR) is 75.7 cm³/mol. The van der Waals surface area contributed by atoms with Crippen molar-refractivity contribution in [3.8, 4) is 11.6 Å². The van der Waals surface area contributed by atoms with Gasteiger partial charge in [-0.05, 0) is 41.1 Å². The molecule has 1 heterocycles. The van der Waals surface area contributed by atoms with Crippen molar-refractivity contribution >= 4 is 21.6 Å². The van der Waals surface area contributed by atoms with Crippen LogP contribution in [0.1, 0.15) is 18.6 Å². The maximum atomic E-state index is 11.0. The summed E-state index contributed by atoms with van der Waals surface area (Å²) in [6.07, 6.45) is 0.699. The van der Waals surface area contributed by atoms with E-state index in [1.807, 2.05) is 0 Å². The molecule has 1 N–H and O–H groups in total. The van der Waals surface area contributed by atoms with Crippen LogP contribution in [0.4, 0.5) is 5.69 Å². The van der Waals surface area contributed by atoms with E-state index in [-0.39, 0.29) is 17.3 Å². The van der Waals surface area contributed by atoms with E-state index in [1.165, 1.54) is 12.3 Å². The number of hydrogen-bond donors (Lipinski definition) is 1. The van der Waals surface area contributed by atoms with E-state index >= 15 is 0 Å². The molecule has 0 aliphatic heterocycles. The van der Waals surface area contributed by atoms with Crippen LogP contribution >= 0.6 is 15.9 Å². The van der Waals surface area contributed by atoms with Gasteiger partial charge in [-0.15, -0.1) is 0 Å². The Bertz CT molecular complexity index is 646. The van der Waals surface area contributed by atoms with Gasteiger partial charge in [0.15, 0.2) is 0 Å². The van der Waals surface area contributed by atoms with Gasteiger partial charge in [0.05, 0.1) is 15.5 Å². The summed E-state index contributed by atoms with van der Waals surface area (Å²) in [5.41, 5.74) is 0.277. The summed E-state index contributed by atoms with van der Waals surface area (Å²) in [5, 5.41) is 20.7. The highest BCUT2D eigenvalue weighted by Gasteiger charge is 2.21. The number of benzene rings is 1. The van der Waals surface area contributed by atoms with Gasteiger partial charge in [-0.25, -0.2) is 4.98 Å². The average molecular weight is 339 g/mol. The molecule has 0 radical (unpaired) electrons. The SMILES string of the molecule is CC(O)c1cccnc1Oc1c(Br)cccc1[N+](=O)[O-]. The fourth-order valence-corrected chi connectivity index (χ4v) is 2.08. The Balaban J connectivity index is 2.48. The van der Waals surface area contributed by atoms with Crippen molar-refractivity contribution in [3.05, 3.63) is 56.7 Å². The number of nitro groups is 1. The molecule has 20 heavy (non-hydrogen) atoms. The molecule has 0 spiro atoms. The molecular weight excluding hydrogens is 328 g/mol. The number of hydrogen-bond acceptors (Lipinski definition) is 5. The van der Waals surface area contributed by atoms with Crippen LogP contribution in [0.15, 0.2) is 41.0 Å². The monoisotopic (exact) mass is 338 g/mol. The molecule has 0 fully saturated rings. The van der Waals surface area contributed by atoms with Crippen molar-refractivity contribution < 1.29 is 14.8 Å². The lowest BCUT2D eigenvalue weighted by Crippen LogP contribution is -2.00. The molecule has 1 unspecified atom stereocenters. The molecule has 1 aromatic heterocycles. The molecule has 1 aromatic carbocycles. The van der Waals surface area contributed by atoms with Crippen molar-refractivity contribution in [2.24, 2.45) is 0 Å². The summed E-state index contributed by atoms with van der Waals surface area (Å²) >= 11 is 3.21. The molecule has 0 bridgehead atoms. The third-order valence-corrected chi connectivity index (χ3v) is 3.22. The van der Waals surface area contributed by atoms with Crippen LogP contribution in [-0.2, 0) is 0 Å². The third kappa shape index (κ3) is 2.94. The molecule has 0 saturated heterocycles.